The molecule has 1 aliphatic heterocycles. The fourth-order valence-electron chi connectivity index (χ4n) is 2.41. The SMILES string of the molecule is O=P(O)(O)N1CCN(P(=O)(O)O)CCN(P(=O)(O)O)CCN(P(=O)(O)O)CC1. The Morgan fingerprint density at radius 2 is 0.464 bits per heavy atom. The topological polar surface area (TPSA) is 243 Å². The molecule has 28 heavy (non-hydrogen) atoms. The van der Waals surface area contributed by atoms with Gasteiger partial charge in [-0.25, -0.2) is 36.9 Å². The van der Waals surface area contributed by atoms with Gasteiger partial charge in [0.2, 0.25) is 0 Å². The summed E-state index contributed by atoms with van der Waals surface area (Å²) in [5.74, 6) is 0. The predicted octanol–water partition coefficient (Wildman–Crippen LogP) is -2.42. The molecule has 1 saturated heterocycles. The van der Waals surface area contributed by atoms with Crippen molar-refractivity contribution < 1.29 is 57.4 Å². The molecule has 1 rings (SSSR count). The molecule has 0 saturated carbocycles. The van der Waals surface area contributed by atoms with Crippen LogP contribution in [-0.2, 0) is 18.3 Å². The van der Waals surface area contributed by atoms with E-state index >= 15 is 0 Å². The van der Waals surface area contributed by atoms with Crippen molar-refractivity contribution in [2.24, 2.45) is 0 Å². The van der Waals surface area contributed by atoms with E-state index in [1.165, 1.54) is 0 Å². The van der Waals surface area contributed by atoms with Crippen LogP contribution < -0.4 is 0 Å². The van der Waals surface area contributed by atoms with Crippen molar-refractivity contribution in [1.29, 1.82) is 0 Å². The third-order valence-corrected chi connectivity index (χ3v) is 8.49. The van der Waals surface area contributed by atoms with E-state index in [-0.39, 0.29) is 0 Å². The van der Waals surface area contributed by atoms with Gasteiger partial charge < -0.3 is 39.1 Å². The molecule has 0 spiro atoms. The van der Waals surface area contributed by atoms with Crippen LogP contribution in [0.3, 0.4) is 0 Å². The Labute approximate surface area is 160 Å². The van der Waals surface area contributed by atoms with Gasteiger partial charge in [0.25, 0.3) is 0 Å². The van der Waals surface area contributed by atoms with Gasteiger partial charge >= 0.3 is 31.0 Å². The second-order valence-corrected chi connectivity index (χ2v) is 12.2. The second kappa shape index (κ2) is 9.71. The highest BCUT2D eigenvalue weighted by Gasteiger charge is 2.36. The minimum atomic E-state index is -4.90. The lowest BCUT2D eigenvalue weighted by Gasteiger charge is -2.34. The van der Waals surface area contributed by atoms with E-state index < -0.39 is 83.3 Å². The second-order valence-electron chi connectivity index (χ2n) is 5.87. The molecule has 0 aromatic carbocycles. The molecule has 0 aliphatic carbocycles. The summed E-state index contributed by atoms with van der Waals surface area (Å²) in [6.07, 6.45) is 0. The van der Waals surface area contributed by atoms with Gasteiger partial charge in [0.15, 0.2) is 0 Å². The third-order valence-electron chi connectivity index (χ3n) is 3.94. The number of hydrogen-bond acceptors (Lipinski definition) is 4. The first-order valence-electron chi connectivity index (χ1n) is 7.66. The van der Waals surface area contributed by atoms with Crippen LogP contribution in [0.15, 0.2) is 0 Å². The molecule has 0 amide bonds. The van der Waals surface area contributed by atoms with E-state index in [0.717, 1.165) is 0 Å². The monoisotopic (exact) mass is 492 g/mol. The lowest BCUT2D eigenvalue weighted by Crippen LogP contribution is -2.42. The fourth-order valence-corrected chi connectivity index (χ4v) is 5.21. The molecule has 0 atom stereocenters. The highest BCUT2D eigenvalue weighted by molar-refractivity contribution is 7.50. The summed E-state index contributed by atoms with van der Waals surface area (Å²) >= 11 is 0. The molecule has 1 heterocycles. The summed E-state index contributed by atoms with van der Waals surface area (Å²) in [6.45, 7) is -4.55. The van der Waals surface area contributed by atoms with Crippen LogP contribution >= 0.6 is 31.0 Å². The molecule has 0 aromatic rings. The molecule has 0 aromatic heterocycles. The van der Waals surface area contributed by atoms with Crippen LogP contribution in [0.2, 0.25) is 0 Å². The van der Waals surface area contributed by atoms with Gasteiger partial charge in [-0.1, -0.05) is 0 Å². The summed E-state index contributed by atoms with van der Waals surface area (Å²) in [6, 6.07) is 0. The Balaban J connectivity index is 3.19. The quantitative estimate of drug-likeness (QED) is 0.190. The fraction of sp³-hybridized carbons (Fsp3) is 1.00. The minimum absolute atomic E-state index is 0.515. The first kappa shape index (κ1) is 26.5. The van der Waals surface area contributed by atoms with Crippen LogP contribution in [0.1, 0.15) is 0 Å². The van der Waals surface area contributed by atoms with Crippen molar-refractivity contribution in [3.05, 3.63) is 0 Å². The molecular formula is C8H24N4O12P4. The van der Waals surface area contributed by atoms with Crippen LogP contribution in [0, 0.1) is 0 Å². The van der Waals surface area contributed by atoms with Gasteiger partial charge in [0, 0.05) is 52.4 Å². The first-order valence-corrected chi connectivity index (χ1v) is 13.9. The highest BCUT2D eigenvalue weighted by atomic mass is 31.2. The number of rotatable bonds is 4. The lowest BCUT2D eigenvalue weighted by molar-refractivity contribution is 0.184. The summed E-state index contributed by atoms with van der Waals surface area (Å²) < 4.78 is 48.4. The maximum absolute atomic E-state index is 11.6. The van der Waals surface area contributed by atoms with Crippen molar-refractivity contribution in [1.82, 2.24) is 18.7 Å². The van der Waals surface area contributed by atoms with Crippen LogP contribution in [0.4, 0.5) is 0 Å². The van der Waals surface area contributed by atoms with Gasteiger partial charge in [-0.2, -0.15) is 0 Å². The summed E-state index contributed by atoms with van der Waals surface area (Å²) in [4.78, 5) is 75.0. The Morgan fingerprint density at radius 3 is 0.536 bits per heavy atom. The molecule has 168 valence electrons. The zero-order chi connectivity index (χ0) is 22.0. The van der Waals surface area contributed by atoms with Crippen LogP contribution in [0.25, 0.3) is 0 Å². The zero-order valence-electron chi connectivity index (χ0n) is 14.4. The molecule has 16 nitrogen and oxygen atoms in total. The normalized spacial score (nSPS) is 22.6. The summed E-state index contributed by atoms with van der Waals surface area (Å²) in [7, 11) is -19.6. The van der Waals surface area contributed by atoms with E-state index in [2.05, 4.69) is 0 Å². The van der Waals surface area contributed by atoms with Crippen molar-refractivity contribution >= 4 is 31.0 Å². The maximum atomic E-state index is 11.6. The smallest absolute Gasteiger partial charge is 0.312 e. The standard InChI is InChI=1S/C8H24N4O12P4/c13-25(14,15)9-1-2-10(26(16,17)18)5-6-12(28(22,23)24)8-7-11(4-3-9)27(19,20)21/h1-8H2,(H2,13,14,15)(H2,16,17,18)(H2,19,20,21)(H2,22,23,24). The molecule has 1 fully saturated rings. The molecule has 0 unspecified atom stereocenters. The van der Waals surface area contributed by atoms with Crippen molar-refractivity contribution in [2.75, 3.05) is 52.4 Å². The third kappa shape index (κ3) is 8.66. The molecule has 0 radical (unpaired) electrons. The molecule has 20 heteroatoms. The van der Waals surface area contributed by atoms with E-state index in [1.54, 1.807) is 0 Å². The van der Waals surface area contributed by atoms with Gasteiger partial charge in [-0.3, -0.25) is 0 Å². The molecule has 0 bridgehead atoms. The van der Waals surface area contributed by atoms with Crippen molar-refractivity contribution in [3.63, 3.8) is 0 Å². The summed E-state index contributed by atoms with van der Waals surface area (Å²) in [5, 5.41) is 0. The zero-order valence-corrected chi connectivity index (χ0v) is 18.0. The maximum Gasteiger partial charge on any atom is 0.403 e. The molecule has 1 aliphatic rings. The van der Waals surface area contributed by atoms with Crippen molar-refractivity contribution in [3.8, 4) is 0 Å². The van der Waals surface area contributed by atoms with Gasteiger partial charge in [-0.05, 0) is 0 Å². The van der Waals surface area contributed by atoms with Gasteiger partial charge in [0.05, 0.1) is 0 Å². The van der Waals surface area contributed by atoms with E-state index in [9.17, 15) is 57.4 Å². The molecule has 8 N–H and O–H groups in total. The lowest BCUT2D eigenvalue weighted by atomic mass is 10.4. The predicted molar refractivity (Wildman–Crippen MR) is 94.5 cm³/mol. The number of hydrogen-bond donors (Lipinski definition) is 8. The Kier molecular flexibility index (Phi) is 9.18. The minimum Gasteiger partial charge on any atom is -0.312 e. The van der Waals surface area contributed by atoms with Crippen LogP contribution in [-0.4, -0.2) is 110 Å². The Morgan fingerprint density at radius 1 is 0.357 bits per heavy atom. The summed E-state index contributed by atoms with van der Waals surface area (Å²) in [5.41, 5.74) is 0. The highest BCUT2D eigenvalue weighted by Crippen LogP contribution is 2.46. The molecular weight excluding hydrogens is 468 g/mol. The van der Waals surface area contributed by atoms with E-state index in [0.29, 0.717) is 18.7 Å². The van der Waals surface area contributed by atoms with Gasteiger partial charge in [-0.15, -0.1) is 0 Å². The number of nitrogens with zero attached hydrogens (tertiary/aromatic N) is 4. The van der Waals surface area contributed by atoms with E-state index in [1.807, 2.05) is 0 Å². The Bertz CT molecular complexity index is 576. The average Bonchev–Trinajstić information content (AvgIpc) is 2.42. The largest absolute Gasteiger partial charge is 0.403 e. The van der Waals surface area contributed by atoms with Crippen LogP contribution in [0.5, 0.6) is 0 Å². The van der Waals surface area contributed by atoms with Crippen molar-refractivity contribution in [2.45, 2.75) is 0 Å². The average molecular weight is 492 g/mol. The van der Waals surface area contributed by atoms with E-state index in [4.69, 9.17) is 0 Å². The first-order chi connectivity index (χ1) is 12.4. The van der Waals surface area contributed by atoms with Gasteiger partial charge in [0.1, 0.15) is 0 Å². The Hall–Kier alpha value is 0.440.